The van der Waals surface area contributed by atoms with E-state index in [1.807, 2.05) is 36.4 Å². The number of aliphatic hydroxyl groups is 1. The van der Waals surface area contributed by atoms with E-state index in [0.717, 1.165) is 41.8 Å². The molecule has 2 fully saturated rings. The Morgan fingerprint density at radius 1 is 1.06 bits per heavy atom. The molecule has 6 nitrogen and oxygen atoms in total. The summed E-state index contributed by atoms with van der Waals surface area (Å²) in [6.07, 6.45) is 1.79. The lowest BCUT2D eigenvalue weighted by Gasteiger charge is -2.57. The van der Waals surface area contributed by atoms with Gasteiger partial charge in [0.15, 0.2) is 0 Å². The molecule has 2 aromatic rings. The Labute approximate surface area is 197 Å². The summed E-state index contributed by atoms with van der Waals surface area (Å²) in [7, 11) is -1.61. The van der Waals surface area contributed by atoms with Crippen molar-refractivity contribution in [2.75, 3.05) is 39.1 Å². The molecule has 7 heteroatoms. The van der Waals surface area contributed by atoms with Crippen LogP contribution in [0.1, 0.15) is 42.4 Å². The molecule has 2 aliphatic heterocycles. The monoisotopic (exact) mass is 468 g/mol. The highest BCUT2D eigenvalue weighted by Crippen LogP contribution is 2.42. The van der Waals surface area contributed by atoms with Crippen LogP contribution in [0.3, 0.4) is 0 Å². The van der Waals surface area contributed by atoms with Gasteiger partial charge in [-0.3, -0.25) is 4.90 Å². The zero-order chi connectivity index (χ0) is 23.4. The SMILES string of the molecule is CCS(=O)(=O)N1CCCCN2[C@H](CO)[C@@H](c3ccc(C#Cc4ccccc4OC)cc3)[C@@H]2C1. The number of sulfonamides is 1. The van der Waals surface area contributed by atoms with Crippen LogP contribution in [0.4, 0.5) is 0 Å². The van der Waals surface area contributed by atoms with Gasteiger partial charge in [0, 0.05) is 36.7 Å². The fraction of sp³-hybridized carbons (Fsp3) is 0.462. The highest BCUT2D eigenvalue weighted by Gasteiger charge is 2.49. The molecule has 0 saturated carbocycles. The van der Waals surface area contributed by atoms with E-state index in [2.05, 4.69) is 28.9 Å². The standard InChI is InChI=1S/C26H32N2O4S/c1-3-33(30,31)27-16-6-7-17-28-23(18-27)26(24(28)19-29)22-14-11-20(12-15-22)10-13-21-8-4-5-9-25(21)32-2/h4-5,8-9,11-12,14-15,23-24,26,29H,3,6-7,16-19H2,1-2H3/t23-,24+,26-/m0/s1. The number of aliphatic hydroxyl groups excluding tert-OH is 1. The van der Waals surface area contributed by atoms with Crippen LogP contribution in [-0.2, 0) is 10.0 Å². The molecule has 0 amide bonds. The Morgan fingerprint density at radius 2 is 1.79 bits per heavy atom. The molecule has 33 heavy (non-hydrogen) atoms. The number of para-hydroxylation sites is 1. The maximum atomic E-state index is 12.6. The van der Waals surface area contributed by atoms with E-state index in [9.17, 15) is 13.5 Å². The number of hydrogen-bond donors (Lipinski definition) is 1. The van der Waals surface area contributed by atoms with E-state index in [1.54, 1.807) is 18.3 Å². The molecule has 0 aliphatic carbocycles. The molecule has 0 radical (unpaired) electrons. The quantitative estimate of drug-likeness (QED) is 0.684. The first kappa shape index (κ1) is 23.8. The Bertz CT molecular complexity index is 1120. The minimum atomic E-state index is -3.24. The third-order valence-electron chi connectivity index (χ3n) is 6.83. The lowest BCUT2D eigenvalue weighted by Crippen LogP contribution is -2.67. The van der Waals surface area contributed by atoms with Crippen molar-refractivity contribution >= 4 is 10.0 Å². The van der Waals surface area contributed by atoms with Crippen molar-refractivity contribution in [3.8, 4) is 17.6 Å². The lowest BCUT2D eigenvalue weighted by atomic mass is 9.74. The van der Waals surface area contributed by atoms with Crippen LogP contribution in [0.15, 0.2) is 48.5 Å². The van der Waals surface area contributed by atoms with Gasteiger partial charge in [0.2, 0.25) is 10.0 Å². The highest BCUT2D eigenvalue weighted by atomic mass is 32.2. The molecule has 0 bridgehead atoms. The molecule has 3 atom stereocenters. The van der Waals surface area contributed by atoms with E-state index in [-0.39, 0.29) is 30.4 Å². The van der Waals surface area contributed by atoms with Crippen LogP contribution in [0.5, 0.6) is 5.75 Å². The van der Waals surface area contributed by atoms with Crippen LogP contribution in [0.25, 0.3) is 0 Å². The normalized spacial score (nSPS) is 23.9. The second kappa shape index (κ2) is 10.3. The summed E-state index contributed by atoms with van der Waals surface area (Å²) < 4.78 is 32.2. The van der Waals surface area contributed by atoms with E-state index >= 15 is 0 Å². The van der Waals surface area contributed by atoms with Crippen LogP contribution < -0.4 is 4.74 Å². The maximum Gasteiger partial charge on any atom is 0.213 e. The summed E-state index contributed by atoms with van der Waals surface area (Å²) in [5.74, 6) is 7.33. The molecule has 1 N–H and O–H groups in total. The first-order chi connectivity index (χ1) is 16.0. The number of ether oxygens (including phenoxy) is 1. The molecule has 2 aromatic carbocycles. The largest absolute Gasteiger partial charge is 0.495 e. The predicted octanol–water partition coefficient (Wildman–Crippen LogP) is 2.67. The molecule has 2 saturated heterocycles. The van der Waals surface area contributed by atoms with Crippen molar-refractivity contribution in [2.45, 2.75) is 37.8 Å². The average Bonchev–Trinajstić information content (AvgIpc) is 2.82. The number of fused-ring (bicyclic) bond motifs is 1. The van der Waals surface area contributed by atoms with Gasteiger partial charge in [0.1, 0.15) is 5.75 Å². The van der Waals surface area contributed by atoms with Gasteiger partial charge in [-0.25, -0.2) is 12.7 Å². The summed E-state index contributed by atoms with van der Waals surface area (Å²) in [6, 6.07) is 15.9. The number of rotatable bonds is 5. The van der Waals surface area contributed by atoms with Crippen molar-refractivity contribution in [1.29, 1.82) is 0 Å². The summed E-state index contributed by atoms with van der Waals surface area (Å²) in [4.78, 5) is 2.29. The zero-order valence-corrected chi connectivity index (χ0v) is 20.1. The second-order valence-electron chi connectivity index (χ2n) is 8.62. The fourth-order valence-corrected chi connectivity index (χ4v) is 6.17. The van der Waals surface area contributed by atoms with Crippen LogP contribution >= 0.6 is 0 Å². The topological polar surface area (TPSA) is 70.1 Å². The van der Waals surface area contributed by atoms with Gasteiger partial charge in [-0.1, -0.05) is 36.1 Å². The number of benzene rings is 2. The van der Waals surface area contributed by atoms with Gasteiger partial charge in [0.05, 0.1) is 25.0 Å². The Hall–Kier alpha value is -2.37. The van der Waals surface area contributed by atoms with E-state index in [0.29, 0.717) is 13.1 Å². The minimum absolute atomic E-state index is 0.0183. The zero-order valence-electron chi connectivity index (χ0n) is 19.3. The Balaban J connectivity index is 1.55. The van der Waals surface area contributed by atoms with E-state index in [1.165, 1.54) is 0 Å². The van der Waals surface area contributed by atoms with Crippen molar-refractivity contribution in [2.24, 2.45) is 0 Å². The van der Waals surface area contributed by atoms with Crippen molar-refractivity contribution in [3.63, 3.8) is 0 Å². The summed E-state index contributed by atoms with van der Waals surface area (Å²) in [5.41, 5.74) is 2.85. The van der Waals surface area contributed by atoms with Gasteiger partial charge >= 0.3 is 0 Å². The third kappa shape index (κ3) is 4.95. The Kier molecular flexibility index (Phi) is 7.40. The first-order valence-electron chi connectivity index (χ1n) is 11.6. The predicted molar refractivity (Wildman–Crippen MR) is 130 cm³/mol. The van der Waals surface area contributed by atoms with Gasteiger partial charge in [0.25, 0.3) is 0 Å². The molecule has 0 spiro atoms. The molecule has 2 aliphatic rings. The minimum Gasteiger partial charge on any atom is -0.495 e. The first-order valence-corrected chi connectivity index (χ1v) is 13.2. The molecule has 176 valence electrons. The van der Waals surface area contributed by atoms with Gasteiger partial charge in [-0.2, -0.15) is 0 Å². The summed E-state index contributed by atoms with van der Waals surface area (Å²) in [6.45, 7) is 3.72. The Morgan fingerprint density at radius 3 is 2.48 bits per heavy atom. The van der Waals surface area contributed by atoms with E-state index < -0.39 is 10.0 Å². The van der Waals surface area contributed by atoms with Crippen LogP contribution in [0.2, 0.25) is 0 Å². The molecule has 0 aromatic heterocycles. The van der Waals surface area contributed by atoms with Crippen molar-refractivity contribution < 1.29 is 18.3 Å². The molecule has 0 unspecified atom stereocenters. The van der Waals surface area contributed by atoms with Crippen LogP contribution in [0, 0.1) is 11.8 Å². The maximum absolute atomic E-state index is 12.6. The lowest BCUT2D eigenvalue weighted by molar-refractivity contribution is -0.0553. The van der Waals surface area contributed by atoms with Crippen LogP contribution in [-0.4, -0.2) is 73.9 Å². The highest BCUT2D eigenvalue weighted by molar-refractivity contribution is 7.89. The van der Waals surface area contributed by atoms with Gasteiger partial charge < -0.3 is 9.84 Å². The van der Waals surface area contributed by atoms with Crippen molar-refractivity contribution in [1.82, 2.24) is 9.21 Å². The average molecular weight is 469 g/mol. The summed E-state index contributed by atoms with van der Waals surface area (Å²) in [5, 5.41) is 10.1. The molecular weight excluding hydrogens is 436 g/mol. The molecule has 2 heterocycles. The number of methoxy groups -OCH3 is 1. The fourth-order valence-electron chi connectivity index (χ4n) is 5.02. The molecular formula is C26H32N2O4S. The summed E-state index contributed by atoms with van der Waals surface area (Å²) >= 11 is 0. The smallest absolute Gasteiger partial charge is 0.213 e. The van der Waals surface area contributed by atoms with Gasteiger partial charge in [-0.15, -0.1) is 0 Å². The third-order valence-corrected chi connectivity index (χ3v) is 8.68. The van der Waals surface area contributed by atoms with E-state index in [4.69, 9.17) is 4.74 Å². The number of nitrogens with zero attached hydrogens (tertiary/aromatic N) is 2. The second-order valence-corrected chi connectivity index (χ2v) is 10.9. The molecule has 4 rings (SSSR count). The van der Waals surface area contributed by atoms with Crippen molar-refractivity contribution in [3.05, 3.63) is 65.2 Å². The van der Waals surface area contributed by atoms with Gasteiger partial charge in [-0.05, 0) is 56.1 Å². The number of hydrogen-bond acceptors (Lipinski definition) is 5.